The number of amides is 1. The summed E-state index contributed by atoms with van der Waals surface area (Å²) in [4.78, 5) is 16.5. The lowest BCUT2D eigenvalue weighted by atomic mass is 9.99. The van der Waals surface area contributed by atoms with Crippen LogP contribution in [0, 0.1) is 0 Å². The lowest BCUT2D eigenvalue weighted by molar-refractivity contribution is -0.117. The molecule has 1 N–H and O–H groups in total. The first kappa shape index (κ1) is 25.5. The molecule has 0 aliphatic heterocycles. The van der Waals surface area contributed by atoms with Gasteiger partial charge in [0, 0.05) is 25.1 Å². The molecule has 1 aromatic heterocycles. The first-order valence-electron chi connectivity index (χ1n) is 12.6. The number of rotatable bonds is 14. The van der Waals surface area contributed by atoms with Crippen molar-refractivity contribution in [3.8, 4) is 5.75 Å². The van der Waals surface area contributed by atoms with E-state index in [1.807, 2.05) is 6.07 Å². The summed E-state index contributed by atoms with van der Waals surface area (Å²) in [6.45, 7) is 12.1. The molecule has 182 valence electrons. The Morgan fingerprint density at radius 2 is 1.85 bits per heavy atom. The maximum absolute atomic E-state index is 11.6. The molecule has 3 rings (SSSR count). The van der Waals surface area contributed by atoms with Gasteiger partial charge in [-0.1, -0.05) is 51.1 Å². The minimum Gasteiger partial charge on any atom is -0.494 e. The monoisotopic (exact) mass is 461 g/mol. The van der Waals surface area contributed by atoms with Crippen molar-refractivity contribution < 1.29 is 9.53 Å². The van der Waals surface area contributed by atoms with E-state index < -0.39 is 0 Å². The summed E-state index contributed by atoms with van der Waals surface area (Å²) in [6.07, 6.45) is 6.06. The van der Waals surface area contributed by atoms with Crippen LogP contribution < -0.4 is 10.1 Å². The van der Waals surface area contributed by atoms with E-state index in [9.17, 15) is 4.79 Å². The van der Waals surface area contributed by atoms with Crippen LogP contribution in [-0.4, -0.2) is 28.6 Å². The number of unbranched alkanes of at least 4 members (excludes halogenated alkanes) is 2. The van der Waals surface area contributed by atoms with Gasteiger partial charge in [-0.15, -0.1) is 0 Å². The van der Waals surface area contributed by atoms with Gasteiger partial charge in [0.15, 0.2) is 0 Å². The molecule has 1 atom stereocenters. The van der Waals surface area contributed by atoms with Crippen LogP contribution in [-0.2, 0) is 17.8 Å². The zero-order chi connectivity index (χ0) is 24.3. The van der Waals surface area contributed by atoms with Crippen LogP contribution >= 0.6 is 0 Å². The molecule has 3 aromatic rings. The Labute approximate surface area is 204 Å². The van der Waals surface area contributed by atoms with Crippen LogP contribution in [0.4, 0.5) is 0 Å². The van der Waals surface area contributed by atoms with Crippen molar-refractivity contribution >= 4 is 16.9 Å². The summed E-state index contributed by atoms with van der Waals surface area (Å²) in [7, 11) is 0. The van der Waals surface area contributed by atoms with Crippen molar-refractivity contribution in [3.63, 3.8) is 0 Å². The summed E-state index contributed by atoms with van der Waals surface area (Å²) in [5.41, 5.74) is 4.15. The quantitative estimate of drug-likeness (QED) is 0.222. The minimum atomic E-state index is -0.0597. The molecule has 5 nitrogen and oxygen atoms in total. The number of hydrogen-bond donors (Lipinski definition) is 1. The second kappa shape index (κ2) is 13.0. The van der Waals surface area contributed by atoms with E-state index in [0.29, 0.717) is 24.6 Å². The van der Waals surface area contributed by atoms with E-state index in [1.165, 1.54) is 11.1 Å². The van der Waals surface area contributed by atoms with Gasteiger partial charge in [-0.25, -0.2) is 4.98 Å². The number of aromatic nitrogens is 2. The Bertz CT molecular complexity index is 1070. The summed E-state index contributed by atoms with van der Waals surface area (Å²) < 4.78 is 8.35. The molecule has 0 radical (unpaired) electrons. The van der Waals surface area contributed by atoms with Crippen molar-refractivity contribution in [3.05, 3.63) is 72.1 Å². The summed E-state index contributed by atoms with van der Waals surface area (Å²) in [5.74, 6) is 2.58. The highest BCUT2D eigenvalue weighted by molar-refractivity contribution is 5.92. The number of nitrogens with zero attached hydrogens (tertiary/aromatic N) is 2. The summed E-state index contributed by atoms with van der Waals surface area (Å²) in [5, 5.41) is 2.90. The number of hydrogen-bond acceptors (Lipinski definition) is 3. The SMILES string of the molecule is C=C(C)C(=O)NCCCCCc1nc2ccccc2n1CCCOc1ccc(C(C)CC)cc1. The topological polar surface area (TPSA) is 56.2 Å². The molecule has 0 aliphatic carbocycles. The highest BCUT2D eigenvalue weighted by Gasteiger charge is 2.10. The van der Waals surface area contributed by atoms with Crippen LogP contribution in [0.5, 0.6) is 5.75 Å². The molecule has 0 spiro atoms. The van der Waals surface area contributed by atoms with E-state index >= 15 is 0 Å². The molecule has 2 aromatic carbocycles. The normalized spacial score (nSPS) is 12.0. The van der Waals surface area contributed by atoms with Crippen molar-refractivity contribution in [2.24, 2.45) is 0 Å². The van der Waals surface area contributed by atoms with Gasteiger partial charge in [-0.05, 0) is 68.4 Å². The predicted molar refractivity (Wildman–Crippen MR) is 140 cm³/mol. The Morgan fingerprint density at radius 3 is 2.59 bits per heavy atom. The van der Waals surface area contributed by atoms with Crippen molar-refractivity contribution in [2.45, 2.75) is 71.8 Å². The number of carbonyl (C=O) groups is 1. The van der Waals surface area contributed by atoms with Crippen LogP contribution in [0.2, 0.25) is 0 Å². The fourth-order valence-electron chi connectivity index (χ4n) is 4.04. The highest BCUT2D eigenvalue weighted by atomic mass is 16.5. The smallest absolute Gasteiger partial charge is 0.246 e. The van der Waals surface area contributed by atoms with Gasteiger partial charge in [-0.2, -0.15) is 0 Å². The molecule has 34 heavy (non-hydrogen) atoms. The number of nitrogens with one attached hydrogen (secondary N) is 1. The third-order valence-electron chi connectivity index (χ3n) is 6.34. The third-order valence-corrected chi connectivity index (χ3v) is 6.34. The molecular formula is C29H39N3O2. The lowest BCUT2D eigenvalue weighted by Crippen LogP contribution is -2.24. The number of imidazole rings is 1. The largest absolute Gasteiger partial charge is 0.494 e. The lowest BCUT2D eigenvalue weighted by Gasteiger charge is -2.12. The number of para-hydroxylation sites is 2. The van der Waals surface area contributed by atoms with Gasteiger partial charge >= 0.3 is 0 Å². The molecule has 0 aliphatic rings. The summed E-state index contributed by atoms with van der Waals surface area (Å²) in [6, 6.07) is 16.9. The zero-order valence-corrected chi connectivity index (χ0v) is 21.0. The molecule has 1 heterocycles. The van der Waals surface area contributed by atoms with E-state index in [1.54, 1.807) is 6.92 Å². The predicted octanol–water partition coefficient (Wildman–Crippen LogP) is 6.42. The fourth-order valence-corrected chi connectivity index (χ4v) is 4.04. The van der Waals surface area contributed by atoms with Crippen LogP contribution in [0.15, 0.2) is 60.7 Å². The van der Waals surface area contributed by atoms with Crippen molar-refractivity contribution in [1.29, 1.82) is 0 Å². The zero-order valence-electron chi connectivity index (χ0n) is 21.0. The Hall–Kier alpha value is -3.08. The first-order valence-corrected chi connectivity index (χ1v) is 12.6. The fraction of sp³-hybridized carbons (Fsp3) is 0.448. The standard InChI is InChI=1S/C29H39N3O2/c1-5-23(4)24-15-17-25(18-16-24)34-21-11-20-32-27-13-9-8-12-26(27)31-28(32)14-7-6-10-19-30-29(33)22(2)3/h8-9,12-13,15-18,23H,2,5-7,10-11,14,19-21H2,1,3-4H3,(H,30,33). The molecular weight excluding hydrogens is 422 g/mol. The van der Waals surface area contributed by atoms with Gasteiger partial charge < -0.3 is 14.6 Å². The van der Waals surface area contributed by atoms with Crippen LogP contribution in [0.25, 0.3) is 11.0 Å². The first-order chi connectivity index (χ1) is 16.5. The van der Waals surface area contributed by atoms with Gasteiger partial charge in [-0.3, -0.25) is 4.79 Å². The highest BCUT2D eigenvalue weighted by Crippen LogP contribution is 2.22. The van der Waals surface area contributed by atoms with Crippen molar-refractivity contribution in [2.75, 3.05) is 13.2 Å². The average molecular weight is 462 g/mol. The maximum Gasteiger partial charge on any atom is 0.246 e. The van der Waals surface area contributed by atoms with Gasteiger partial charge in [0.2, 0.25) is 5.91 Å². The van der Waals surface area contributed by atoms with E-state index in [-0.39, 0.29) is 5.91 Å². The molecule has 1 amide bonds. The van der Waals surface area contributed by atoms with Crippen molar-refractivity contribution in [1.82, 2.24) is 14.9 Å². The minimum absolute atomic E-state index is 0.0597. The number of carbonyl (C=O) groups excluding carboxylic acids is 1. The van der Waals surface area contributed by atoms with Gasteiger partial charge in [0.1, 0.15) is 11.6 Å². The van der Waals surface area contributed by atoms with E-state index in [2.05, 4.69) is 72.8 Å². The third kappa shape index (κ3) is 7.21. The summed E-state index contributed by atoms with van der Waals surface area (Å²) >= 11 is 0. The number of benzene rings is 2. The van der Waals surface area contributed by atoms with Gasteiger partial charge in [0.25, 0.3) is 0 Å². The second-order valence-corrected chi connectivity index (χ2v) is 9.10. The number of ether oxygens (including phenoxy) is 1. The van der Waals surface area contributed by atoms with Gasteiger partial charge in [0.05, 0.1) is 17.6 Å². The molecule has 0 bridgehead atoms. The second-order valence-electron chi connectivity index (χ2n) is 9.10. The number of aryl methyl sites for hydroxylation is 2. The molecule has 0 saturated heterocycles. The molecule has 0 fully saturated rings. The maximum atomic E-state index is 11.6. The molecule has 5 heteroatoms. The van der Waals surface area contributed by atoms with Crippen LogP contribution in [0.3, 0.4) is 0 Å². The average Bonchev–Trinajstić information content (AvgIpc) is 3.20. The molecule has 0 saturated carbocycles. The Balaban J connectivity index is 1.49. The van der Waals surface area contributed by atoms with E-state index in [4.69, 9.17) is 9.72 Å². The Morgan fingerprint density at radius 1 is 1.09 bits per heavy atom. The van der Waals surface area contributed by atoms with Crippen LogP contribution in [0.1, 0.15) is 70.2 Å². The molecule has 1 unspecified atom stereocenters. The van der Waals surface area contributed by atoms with E-state index in [0.717, 1.165) is 62.2 Å². The Kier molecular flexibility index (Phi) is 9.75. The number of fused-ring (bicyclic) bond motifs is 1.